The Labute approximate surface area is 87.2 Å². The Morgan fingerprint density at radius 2 is 1.93 bits per heavy atom. The molecule has 0 spiro atoms. The average molecular weight is 198 g/mol. The first kappa shape index (κ1) is 13.2. The molecule has 1 N–H and O–H groups in total. The fraction of sp³-hybridized carbons (Fsp3) is 0.727. The van der Waals surface area contributed by atoms with Gasteiger partial charge in [-0.2, -0.15) is 0 Å². The third-order valence-corrected chi connectivity index (χ3v) is 2.13. The van der Waals surface area contributed by atoms with Crippen LogP contribution in [-0.2, 0) is 4.79 Å². The van der Waals surface area contributed by atoms with Crippen LogP contribution in [0.1, 0.15) is 33.6 Å². The molecular formula is C11H22N2O. The number of nitrogens with one attached hydrogen (secondary N) is 1. The summed E-state index contributed by atoms with van der Waals surface area (Å²) in [6, 6.07) is 0. The first-order valence-corrected chi connectivity index (χ1v) is 5.27. The van der Waals surface area contributed by atoms with Gasteiger partial charge in [0, 0.05) is 12.1 Å². The molecule has 3 nitrogen and oxygen atoms in total. The summed E-state index contributed by atoms with van der Waals surface area (Å²) in [5.41, 5.74) is 0.720. The lowest BCUT2D eigenvalue weighted by Crippen LogP contribution is -2.26. The molecule has 82 valence electrons. The van der Waals surface area contributed by atoms with E-state index in [0.29, 0.717) is 6.42 Å². The highest BCUT2D eigenvalue weighted by Gasteiger charge is 2.03. The van der Waals surface area contributed by atoms with Crippen molar-refractivity contribution in [3.63, 3.8) is 0 Å². The molecule has 0 heterocycles. The second-order valence-electron chi connectivity index (χ2n) is 3.46. The number of rotatable bonds is 7. The minimum atomic E-state index is 0.0738. The zero-order valence-electron chi connectivity index (χ0n) is 9.60. The number of carbonyl (C=O) groups is 1. The zero-order valence-corrected chi connectivity index (χ0v) is 9.60. The second kappa shape index (κ2) is 7.56. The molecule has 0 fully saturated rings. The summed E-state index contributed by atoms with van der Waals surface area (Å²) in [4.78, 5) is 13.5. The Kier molecular flexibility index (Phi) is 7.11. The summed E-state index contributed by atoms with van der Waals surface area (Å²) < 4.78 is 0. The van der Waals surface area contributed by atoms with Crippen LogP contribution in [0.5, 0.6) is 0 Å². The van der Waals surface area contributed by atoms with Crippen molar-refractivity contribution in [2.45, 2.75) is 33.6 Å². The Morgan fingerprint density at radius 3 is 2.36 bits per heavy atom. The largest absolute Gasteiger partial charge is 0.331 e. The van der Waals surface area contributed by atoms with E-state index >= 15 is 0 Å². The van der Waals surface area contributed by atoms with Crippen LogP contribution in [0.15, 0.2) is 12.3 Å². The molecule has 0 bridgehead atoms. The maximum Gasteiger partial charge on any atom is 0.224 e. The van der Waals surface area contributed by atoms with Gasteiger partial charge in [0.15, 0.2) is 0 Å². The topological polar surface area (TPSA) is 32.3 Å². The van der Waals surface area contributed by atoms with Crippen molar-refractivity contribution >= 4 is 5.91 Å². The highest BCUT2D eigenvalue weighted by atomic mass is 16.1. The number of hydrogen-bond donors (Lipinski definition) is 1. The highest BCUT2D eigenvalue weighted by molar-refractivity contribution is 5.77. The van der Waals surface area contributed by atoms with Crippen LogP contribution in [0.25, 0.3) is 0 Å². The van der Waals surface area contributed by atoms with Crippen LogP contribution in [0, 0.1) is 0 Å². The van der Waals surface area contributed by atoms with E-state index in [1.54, 1.807) is 6.92 Å². The minimum Gasteiger partial charge on any atom is -0.331 e. The summed E-state index contributed by atoms with van der Waals surface area (Å²) >= 11 is 0. The number of allylic oxidation sites excluding steroid dienone is 1. The molecule has 0 aromatic carbocycles. The van der Waals surface area contributed by atoms with Gasteiger partial charge in [-0.25, -0.2) is 0 Å². The summed E-state index contributed by atoms with van der Waals surface area (Å²) in [6.07, 6.45) is 1.50. The Balaban J connectivity index is 3.52. The maximum absolute atomic E-state index is 11.2. The van der Waals surface area contributed by atoms with E-state index in [9.17, 15) is 4.79 Å². The van der Waals surface area contributed by atoms with Gasteiger partial charge >= 0.3 is 0 Å². The van der Waals surface area contributed by atoms with Gasteiger partial charge in [0.25, 0.3) is 0 Å². The van der Waals surface area contributed by atoms with Crippen molar-refractivity contribution in [1.82, 2.24) is 10.2 Å². The molecule has 0 saturated carbocycles. The van der Waals surface area contributed by atoms with Crippen LogP contribution in [0.2, 0.25) is 0 Å². The van der Waals surface area contributed by atoms with Gasteiger partial charge in [-0.15, -0.1) is 0 Å². The first-order chi connectivity index (χ1) is 6.60. The zero-order chi connectivity index (χ0) is 11.0. The van der Waals surface area contributed by atoms with Crippen molar-refractivity contribution < 1.29 is 4.79 Å². The van der Waals surface area contributed by atoms with E-state index in [2.05, 4.69) is 30.6 Å². The molecule has 14 heavy (non-hydrogen) atoms. The lowest BCUT2D eigenvalue weighted by Gasteiger charge is -2.17. The summed E-state index contributed by atoms with van der Waals surface area (Å²) in [6.45, 7) is 12.8. The summed E-state index contributed by atoms with van der Waals surface area (Å²) in [5, 5.41) is 2.70. The van der Waals surface area contributed by atoms with Gasteiger partial charge in [0.2, 0.25) is 5.91 Å². The van der Waals surface area contributed by atoms with Gasteiger partial charge in [0.1, 0.15) is 0 Å². The highest BCUT2D eigenvalue weighted by Crippen LogP contribution is 1.95. The molecule has 0 unspecified atom stereocenters. The number of hydrogen-bond acceptors (Lipinski definition) is 2. The monoisotopic (exact) mass is 198 g/mol. The number of carbonyl (C=O) groups excluding carboxylic acids is 1. The number of nitrogens with zero attached hydrogens (tertiary/aromatic N) is 1. The van der Waals surface area contributed by atoms with Crippen LogP contribution < -0.4 is 5.32 Å². The lowest BCUT2D eigenvalue weighted by atomic mass is 10.2. The Morgan fingerprint density at radius 1 is 1.36 bits per heavy atom. The van der Waals surface area contributed by atoms with Crippen LogP contribution in [-0.4, -0.2) is 30.4 Å². The Bertz CT molecular complexity index is 186. The average Bonchev–Trinajstić information content (AvgIpc) is 2.11. The molecule has 1 amide bonds. The van der Waals surface area contributed by atoms with E-state index in [4.69, 9.17) is 0 Å². The van der Waals surface area contributed by atoms with Crippen LogP contribution >= 0.6 is 0 Å². The molecule has 0 aromatic rings. The third-order valence-electron chi connectivity index (χ3n) is 2.13. The molecule has 0 aliphatic carbocycles. The fourth-order valence-corrected chi connectivity index (χ4v) is 1.30. The lowest BCUT2D eigenvalue weighted by molar-refractivity contribution is -0.120. The molecule has 0 aliphatic heterocycles. The maximum atomic E-state index is 11.2. The summed E-state index contributed by atoms with van der Waals surface area (Å²) in [5.74, 6) is 0.0738. The quantitative estimate of drug-likeness (QED) is 0.676. The van der Waals surface area contributed by atoms with Crippen LogP contribution in [0.3, 0.4) is 0 Å². The number of amides is 1. The van der Waals surface area contributed by atoms with Gasteiger partial charge in [0.05, 0.1) is 0 Å². The predicted molar refractivity (Wildman–Crippen MR) is 60.0 cm³/mol. The molecule has 0 aliphatic rings. The van der Waals surface area contributed by atoms with E-state index in [1.807, 2.05) is 0 Å². The molecule has 3 heteroatoms. The van der Waals surface area contributed by atoms with Crippen LogP contribution in [0.4, 0.5) is 0 Å². The van der Waals surface area contributed by atoms with Gasteiger partial charge in [-0.3, -0.25) is 4.79 Å². The molecule has 0 rings (SSSR count). The molecule has 0 saturated heterocycles. The predicted octanol–water partition coefficient (Wildman–Crippen LogP) is 1.76. The normalized spacial score (nSPS) is 10.3. The van der Waals surface area contributed by atoms with Gasteiger partial charge < -0.3 is 10.2 Å². The van der Waals surface area contributed by atoms with Gasteiger partial charge in [-0.1, -0.05) is 20.4 Å². The van der Waals surface area contributed by atoms with E-state index in [0.717, 1.165) is 31.8 Å². The van der Waals surface area contributed by atoms with Crippen molar-refractivity contribution in [2.75, 3.05) is 19.6 Å². The first-order valence-electron chi connectivity index (χ1n) is 5.27. The van der Waals surface area contributed by atoms with Gasteiger partial charge in [-0.05, 0) is 33.0 Å². The molecule has 0 aromatic heterocycles. The molecule has 0 atom stereocenters. The van der Waals surface area contributed by atoms with Crippen molar-refractivity contribution in [2.24, 2.45) is 0 Å². The Hall–Kier alpha value is -0.830. The van der Waals surface area contributed by atoms with E-state index < -0.39 is 0 Å². The second-order valence-corrected chi connectivity index (χ2v) is 3.46. The van der Waals surface area contributed by atoms with E-state index in [1.165, 1.54) is 0 Å². The van der Waals surface area contributed by atoms with E-state index in [-0.39, 0.29) is 5.91 Å². The van der Waals surface area contributed by atoms with Crippen molar-refractivity contribution in [3.05, 3.63) is 12.3 Å². The fourth-order valence-electron chi connectivity index (χ4n) is 1.30. The standard InChI is InChI=1S/C11H22N2O/c1-5-13(6-2)9-7-8-11(14)12-10(3)4/h3,5-9H2,1-2,4H3,(H,12,14). The van der Waals surface area contributed by atoms with Crippen molar-refractivity contribution in [3.8, 4) is 0 Å². The molecular weight excluding hydrogens is 176 g/mol. The third kappa shape index (κ3) is 6.66. The minimum absolute atomic E-state index is 0.0738. The van der Waals surface area contributed by atoms with Crippen molar-refractivity contribution in [1.29, 1.82) is 0 Å². The summed E-state index contributed by atoms with van der Waals surface area (Å²) in [7, 11) is 0. The SMILES string of the molecule is C=C(C)NC(=O)CCCN(CC)CC. The molecule has 0 radical (unpaired) electrons. The smallest absolute Gasteiger partial charge is 0.224 e.